The third kappa shape index (κ3) is 3.10. The summed E-state index contributed by atoms with van der Waals surface area (Å²) in [7, 11) is 0. The van der Waals surface area contributed by atoms with E-state index in [9.17, 15) is 9.18 Å². The quantitative estimate of drug-likeness (QED) is 0.930. The number of nitrogens with two attached hydrogens (primary N) is 1. The Hall–Kier alpha value is -1.42. The van der Waals surface area contributed by atoms with Crippen molar-refractivity contribution in [1.29, 1.82) is 0 Å². The van der Waals surface area contributed by atoms with Crippen LogP contribution in [0.1, 0.15) is 50.1 Å². The van der Waals surface area contributed by atoms with Crippen LogP contribution in [-0.2, 0) is 4.79 Å². The van der Waals surface area contributed by atoms with E-state index < -0.39 is 0 Å². The maximum Gasteiger partial charge on any atom is 0.223 e. The van der Waals surface area contributed by atoms with Gasteiger partial charge in [0.1, 0.15) is 5.82 Å². The Labute approximate surface area is 125 Å². The van der Waals surface area contributed by atoms with E-state index in [1.54, 1.807) is 12.1 Å². The van der Waals surface area contributed by atoms with Gasteiger partial charge in [0, 0.05) is 19.0 Å². The summed E-state index contributed by atoms with van der Waals surface area (Å²) in [5.74, 6) is 0.322. The normalized spacial score (nSPS) is 29.0. The highest BCUT2D eigenvalue weighted by Gasteiger charge is 2.33. The lowest BCUT2D eigenvalue weighted by Gasteiger charge is -2.27. The topological polar surface area (TPSA) is 46.3 Å². The number of hydrogen-bond acceptors (Lipinski definition) is 2. The third-order valence-corrected chi connectivity index (χ3v) is 4.98. The molecule has 2 fully saturated rings. The monoisotopic (exact) mass is 290 g/mol. The average Bonchev–Trinajstić information content (AvgIpc) is 3.09. The van der Waals surface area contributed by atoms with E-state index in [2.05, 4.69) is 0 Å². The minimum absolute atomic E-state index is 0.107. The molecule has 2 aliphatic rings. The molecule has 1 saturated carbocycles. The Bertz CT molecular complexity index is 502. The number of likely N-dealkylation sites (tertiary alicyclic amines) is 1. The van der Waals surface area contributed by atoms with Crippen LogP contribution < -0.4 is 5.73 Å². The van der Waals surface area contributed by atoms with Crippen LogP contribution in [-0.4, -0.2) is 23.4 Å². The molecule has 21 heavy (non-hydrogen) atoms. The molecule has 1 saturated heterocycles. The van der Waals surface area contributed by atoms with Crippen LogP contribution in [0.15, 0.2) is 24.3 Å². The van der Waals surface area contributed by atoms with Crippen molar-refractivity contribution in [3.8, 4) is 0 Å². The zero-order valence-electron chi connectivity index (χ0n) is 12.3. The lowest BCUT2D eigenvalue weighted by Crippen LogP contribution is -2.35. The fourth-order valence-corrected chi connectivity index (χ4v) is 3.76. The number of carbonyl (C=O) groups is 1. The Morgan fingerprint density at radius 3 is 2.62 bits per heavy atom. The van der Waals surface area contributed by atoms with Crippen molar-refractivity contribution in [2.24, 2.45) is 11.7 Å². The molecule has 1 unspecified atom stereocenters. The van der Waals surface area contributed by atoms with Gasteiger partial charge in [-0.15, -0.1) is 0 Å². The Balaban J connectivity index is 1.68. The molecule has 1 aromatic carbocycles. The molecule has 1 amide bonds. The van der Waals surface area contributed by atoms with Crippen molar-refractivity contribution < 1.29 is 9.18 Å². The molecule has 3 atom stereocenters. The standard InChI is InChI=1S/C17H23FN2O/c18-14-8-6-12(7-9-14)16-5-2-10-20(16)17(21)11-13-3-1-4-15(13)19/h6-9,13,15-16H,1-5,10-11,19H2/t13-,15+,16?/m0/s1. The number of carbonyl (C=O) groups excluding carboxylic acids is 1. The van der Waals surface area contributed by atoms with E-state index in [1.807, 2.05) is 4.90 Å². The van der Waals surface area contributed by atoms with Gasteiger partial charge in [0.05, 0.1) is 6.04 Å². The van der Waals surface area contributed by atoms with Gasteiger partial charge >= 0.3 is 0 Å². The first-order valence-corrected chi connectivity index (χ1v) is 7.95. The van der Waals surface area contributed by atoms with Crippen LogP contribution in [0.5, 0.6) is 0 Å². The highest BCUT2D eigenvalue weighted by atomic mass is 19.1. The lowest BCUT2D eigenvalue weighted by molar-refractivity contribution is -0.133. The maximum atomic E-state index is 13.0. The van der Waals surface area contributed by atoms with Gasteiger partial charge < -0.3 is 10.6 Å². The third-order valence-electron chi connectivity index (χ3n) is 4.98. The fraction of sp³-hybridized carbons (Fsp3) is 0.588. The van der Waals surface area contributed by atoms with E-state index in [-0.39, 0.29) is 23.8 Å². The number of amides is 1. The van der Waals surface area contributed by atoms with Crippen molar-refractivity contribution in [3.63, 3.8) is 0 Å². The van der Waals surface area contributed by atoms with E-state index >= 15 is 0 Å². The maximum absolute atomic E-state index is 13.0. The molecule has 2 N–H and O–H groups in total. The van der Waals surface area contributed by atoms with Crippen LogP contribution in [0, 0.1) is 11.7 Å². The van der Waals surface area contributed by atoms with E-state index in [4.69, 9.17) is 5.73 Å². The molecule has 1 aromatic rings. The Morgan fingerprint density at radius 1 is 1.19 bits per heavy atom. The Kier molecular flexibility index (Phi) is 4.24. The van der Waals surface area contributed by atoms with Crippen LogP contribution in [0.3, 0.4) is 0 Å². The predicted octanol–water partition coefficient (Wildman–Crippen LogP) is 3.01. The van der Waals surface area contributed by atoms with Crippen molar-refractivity contribution >= 4 is 5.91 Å². The van der Waals surface area contributed by atoms with E-state index in [0.29, 0.717) is 12.3 Å². The SMILES string of the molecule is N[C@@H]1CCC[C@H]1CC(=O)N1CCCC1c1ccc(F)cc1. The first kappa shape index (κ1) is 14.5. The van der Waals surface area contributed by atoms with Crippen molar-refractivity contribution in [2.45, 2.75) is 50.6 Å². The molecule has 4 heteroatoms. The summed E-state index contributed by atoms with van der Waals surface area (Å²) in [5, 5.41) is 0. The molecular weight excluding hydrogens is 267 g/mol. The van der Waals surface area contributed by atoms with Gasteiger partial charge in [-0.1, -0.05) is 18.6 Å². The number of nitrogens with zero attached hydrogens (tertiary/aromatic N) is 1. The van der Waals surface area contributed by atoms with Gasteiger partial charge in [0.2, 0.25) is 5.91 Å². The summed E-state index contributed by atoms with van der Waals surface area (Å²) < 4.78 is 13.0. The van der Waals surface area contributed by atoms with Crippen LogP contribution in [0.25, 0.3) is 0 Å². The zero-order chi connectivity index (χ0) is 14.8. The van der Waals surface area contributed by atoms with Crippen LogP contribution in [0.2, 0.25) is 0 Å². The smallest absolute Gasteiger partial charge is 0.223 e. The molecule has 114 valence electrons. The lowest BCUT2D eigenvalue weighted by atomic mass is 9.98. The summed E-state index contributed by atoms with van der Waals surface area (Å²) in [6, 6.07) is 6.84. The van der Waals surface area contributed by atoms with Gasteiger partial charge in [-0.05, 0) is 49.3 Å². The van der Waals surface area contributed by atoms with E-state index in [0.717, 1.165) is 44.2 Å². The second-order valence-electron chi connectivity index (χ2n) is 6.36. The molecule has 1 aliphatic carbocycles. The van der Waals surface area contributed by atoms with Crippen molar-refractivity contribution in [2.75, 3.05) is 6.54 Å². The molecule has 3 nitrogen and oxygen atoms in total. The number of halogens is 1. The summed E-state index contributed by atoms with van der Waals surface area (Å²) in [5.41, 5.74) is 7.12. The number of benzene rings is 1. The van der Waals surface area contributed by atoms with Gasteiger partial charge in [-0.2, -0.15) is 0 Å². The summed E-state index contributed by atoms with van der Waals surface area (Å²) >= 11 is 0. The highest BCUT2D eigenvalue weighted by Crippen LogP contribution is 2.34. The van der Waals surface area contributed by atoms with E-state index in [1.165, 1.54) is 12.1 Å². The van der Waals surface area contributed by atoms with Crippen LogP contribution >= 0.6 is 0 Å². The highest BCUT2D eigenvalue weighted by molar-refractivity contribution is 5.77. The minimum atomic E-state index is -0.230. The zero-order valence-corrected chi connectivity index (χ0v) is 12.3. The second kappa shape index (κ2) is 6.14. The van der Waals surface area contributed by atoms with Gasteiger partial charge in [-0.3, -0.25) is 4.79 Å². The molecule has 0 bridgehead atoms. The first-order chi connectivity index (χ1) is 10.1. The molecule has 1 heterocycles. The van der Waals surface area contributed by atoms with Crippen molar-refractivity contribution in [1.82, 2.24) is 4.90 Å². The van der Waals surface area contributed by atoms with Crippen LogP contribution in [0.4, 0.5) is 4.39 Å². The summed E-state index contributed by atoms with van der Waals surface area (Å²) in [6.07, 6.45) is 5.80. The molecule has 3 rings (SSSR count). The molecule has 1 aliphatic heterocycles. The number of rotatable bonds is 3. The average molecular weight is 290 g/mol. The van der Waals surface area contributed by atoms with Gasteiger partial charge in [-0.25, -0.2) is 4.39 Å². The molecule has 0 aromatic heterocycles. The summed E-state index contributed by atoms with van der Waals surface area (Å²) in [6.45, 7) is 0.808. The first-order valence-electron chi connectivity index (χ1n) is 7.95. The molecule has 0 radical (unpaired) electrons. The van der Waals surface area contributed by atoms with Crippen molar-refractivity contribution in [3.05, 3.63) is 35.6 Å². The van der Waals surface area contributed by atoms with Gasteiger partial charge in [0.15, 0.2) is 0 Å². The fourth-order valence-electron chi connectivity index (χ4n) is 3.76. The largest absolute Gasteiger partial charge is 0.336 e. The number of hydrogen-bond donors (Lipinski definition) is 1. The van der Waals surface area contributed by atoms with Gasteiger partial charge in [0.25, 0.3) is 0 Å². The predicted molar refractivity (Wildman–Crippen MR) is 80.0 cm³/mol. The Morgan fingerprint density at radius 2 is 1.95 bits per heavy atom. The minimum Gasteiger partial charge on any atom is -0.336 e. The molecule has 0 spiro atoms. The summed E-state index contributed by atoms with van der Waals surface area (Å²) in [4.78, 5) is 14.6. The molecular formula is C17H23FN2O. The second-order valence-corrected chi connectivity index (χ2v) is 6.36.